The van der Waals surface area contributed by atoms with Crippen LogP contribution in [-0.4, -0.2) is 34.9 Å². The van der Waals surface area contributed by atoms with Crippen LogP contribution in [0.1, 0.15) is 20.3 Å². The van der Waals surface area contributed by atoms with Gasteiger partial charge in [-0.2, -0.15) is 0 Å². The minimum atomic E-state index is -0.135. The summed E-state index contributed by atoms with van der Waals surface area (Å²) in [6, 6.07) is 0. The standard InChI is InChI=1S/C10H15NOS/c1-10(2,11-7-4-8-11)6-5-9(12)13-3/h4,7-8H2,1-3H3. The Morgan fingerprint density at radius 2 is 2.08 bits per heavy atom. The van der Waals surface area contributed by atoms with Crippen LogP contribution in [0.15, 0.2) is 0 Å². The Labute approximate surface area is 84.1 Å². The number of carbonyl (C=O) groups is 1. The molecule has 0 spiro atoms. The van der Waals surface area contributed by atoms with Crippen molar-refractivity contribution in [2.24, 2.45) is 0 Å². The summed E-state index contributed by atoms with van der Waals surface area (Å²) >= 11 is 1.17. The van der Waals surface area contributed by atoms with Gasteiger partial charge < -0.3 is 0 Å². The minimum absolute atomic E-state index is 0.0476. The molecule has 0 atom stereocenters. The predicted octanol–water partition coefficient (Wildman–Crippen LogP) is 1.36. The second kappa shape index (κ2) is 4.17. The first kappa shape index (κ1) is 10.6. The number of carbonyl (C=O) groups excluding carboxylic acids is 1. The van der Waals surface area contributed by atoms with Gasteiger partial charge in [-0.15, -0.1) is 0 Å². The van der Waals surface area contributed by atoms with Crippen molar-refractivity contribution < 1.29 is 4.79 Å². The van der Waals surface area contributed by atoms with Crippen LogP contribution in [0.25, 0.3) is 0 Å². The number of hydrogen-bond acceptors (Lipinski definition) is 3. The molecule has 0 saturated carbocycles. The van der Waals surface area contributed by atoms with Crippen LogP contribution < -0.4 is 0 Å². The molecular formula is C10H15NOS. The van der Waals surface area contributed by atoms with Crippen LogP contribution in [-0.2, 0) is 4.79 Å². The Balaban J connectivity index is 2.57. The van der Waals surface area contributed by atoms with Gasteiger partial charge in [-0.3, -0.25) is 9.69 Å². The molecular weight excluding hydrogens is 182 g/mol. The lowest BCUT2D eigenvalue weighted by atomic mass is 9.99. The first-order valence-corrected chi connectivity index (χ1v) is 5.65. The highest BCUT2D eigenvalue weighted by molar-refractivity contribution is 8.13. The average molecular weight is 197 g/mol. The van der Waals surface area contributed by atoms with Crippen LogP contribution in [0, 0.1) is 11.8 Å². The second-order valence-corrected chi connectivity index (χ2v) is 4.42. The molecule has 1 heterocycles. The third-order valence-corrected chi connectivity index (χ3v) is 2.78. The Hall–Kier alpha value is -0.460. The molecule has 0 N–H and O–H groups in total. The summed E-state index contributed by atoms with van der Waals surface area (Å²) in [5.41, 5.74) is -0.135. The van der Waals surface area contributed by atoms with Crippen LogP contribution in [0.3, 0.4) is 0 Å². The van der Waals surface area contributed by atoms with Crippen molar-refractivity contribution in [1.82, 2.24) is 4.90 Å². The van der Waals surface area contributed by atoms with E-state index in [0.717, 1.165) is 13.1 Å². The van der Waals surface area contributed by atoms with Crippen LogP contribution >= 0.6 is 11.8 Å². The van der Waals surface area contributed by atoms with Gasteiger partial charge in [-0.1, -0.05) is 17.7 Å². The van der Waals surface area contributed by atoms with E-state index in [1.807, 2.05) is 0 Å². The van der Waals surface area contributed by atoms with Crippen molar-refractivity contribution in [2.75, 3.05) is 19.3 Å². The third kappa shape index (κ3) is 2.75. The predicted molar refractivity (Wildman–Crippen MR) is 56.6 cm³/mol. The van der Waals surface area contributed by atoms with Crippen LogP contribution in [0.2, 0.25) is 0 Å². The Bertz CT molecular complexity index is 258. The molecule has 72 valence electrons. The SMILES string of the molecule is CSC(=O)C#CC(C)(C)N1CCC1. The van der Waals surface area contributed by atoms with Crippen LogP contribution in [0.4, 0.5) is 0 Å². The third-order valence-electron chi connectivity index (χ3n) is 2.30. The molecule has 0 aliphatic carbocycles. The highest BCUT2D eigenvalue weighted by atomic mass is 32.2. The van der Waals surface area contributed by atoms with Crippen LogP contribution in [0.5, 0.6) is 0 Å². The quantitative estimate of drug-likeness (QED) is 0.592. The van der Waals surface area contributed by atoms with E-state index in [-0.39, 0.29) is 10.7 Å². The van der Waals surface area contributed by atoms with Crippen molar-refractivity contribution in [1.29, 1.82) is 0 Å². The lowest BCUT2D eigenvalue weighted by Crippen LogP contribution is -2.50. The zero-order chi connectivity index (χ0) is 9.90. The Morgan fingerprint density at radius 3 is 2.46 bits per heavy atom. The molecule has 0 radical (unpaired) electrons. The molecule has 2 nitrogen and oxygen atoms in total. The molecule has 0 bridgehead atoms. The van der Waals surface area contributed by atoms with Gasteiger partial charge >= 0.3 is 0 Å². The van der Waals surface area contributed by atoms with E-state index in [1.54, 1.807) is 6.26 Å². The summed E-state index contributed by atoms with van der Waals surface area (Å²) < 4.78 is 0. The molecule has 0 aromatic heterocycles. The smallest absolute Gasteiger partial charge is 0.262 e. The zero-order valence-corrected chi connectivity index (χ0v) is 9.20. The van der Waals surface area contributed by atoms with Gasteiger partial charge in [0.1, 0.15) is 0 Å². The summed E-state index contributed by atoms with van der Waals surface area (Å²) in [6.45, 7) is 6.34. The van der Waals surface area contributed by atoms with Gasteiger partial charge in [0.05, 0.1) is 5.54 Å². The highest BCUT2D eigenvalue weighted by Gasteiger charge is 2.28. The summed E-state index contributed by atoms with van der Waals surface area (Å²) in [7, 11) is 0. The maximum Gasteiger partial charge on any atom is 0.262 e. The number of likely N-dealkylation sites (tertiary alicyclic amines) is 1. The molecule has 1 aliphatic rings. The lowest BCUT2D eigenvalue weighted by molar-refractivity contribution is -0.106. The van der Waals surface area contributed by atoms with Gasteiger partial charge in [0.25, 0.3) is 5.12 Å². The summed E-state index contributed by atoms with van der Waals surface area (Å²) in [6.07, 6.45) is 3.01. The fourth-order valence-corrected chi connectivity index (χ4v) is 1.36. The maximum absolute atomic E-state index is 11.0. The normalized spacial score (nSPS) is 17.2. The number of thioether (sulfide) groups is 1. The van der Waals surface area contributed by atoms with Crippen molar-refractivity contribution in [3.05, 3.63) is 0 Å². The Morgan fingerprint density at radius 1 is 1.46 bits per heavy atom. The zero-order valence-electron chi connectivity index (χ0n) is 8.39. The molecule has 0 aromatic carbocycles. The van der Waals surface area contributed by atoms with E-state index in [4.69, 9.17) is 0 Å². The largest absolute Gasteiger partial charge is 0.288 e. The van der Waals surface area contributed by atoms with Crippen molar-refractivity contribution in [2.45, 2.75) is 25.8 Å². The molecule has 0 unspecified atom stereocenters. The molecule has 0 aromatic rings. The second-order valence-electron chi connectivity index (χ2n) is 3.64. The number of hydrogen-bond donors (Lipinski definition) is 0. The number of nitrogens with zero attached hydrogens (tertiary/aromatic N) is 1. The highest BCUT2D eigenvalue weighted by Crippen LogP contribution is 2.20. The molecule has 1 rings (SSSR count). The molecule has 1 saturated heterocycles. The molecule has 13 heavy (non-hydrogen) atoms. The summed E-state index contributed by atoms with van der Waals surface area (Å²) in [4.78, 5) is 13.2. The summed E-state index contributed by atoms with van der Waals surface area (Å²) in [5.74, 6) is 5.67. The van der Waals surface area contributed by atoms with E-state index in [0.29, 0.717) is 0 Å². The fourth-order valence-electron chi connectivity index (χ4n) is 1.21. The van der Waals surface area contributed by atoms with E-state index in [1.165, 1.54) is 18.2 Å². The van der Waals surface area contributed by atoms with E-state index in [2.05, 4.69) is 30.6 Å². The van der Waals surface area contributed by atoms with Gasteiger partial charge in [-0.05, 0) is 32.4 Å². The van der Waals surface area contributed by atoms with Crippen molar-refractivity contribution in [3.8, 4) is 11.8 Å². The van der Waals surface area contributed by atoms with Crippen molar-refractivity contribution in [3.63, 3.8) is 0 Å². The topological polar surface area (TPSA) is 20.3 Å². The first-order chi connectivity index (χ1) is 6.06. The van der Waals surface area contributed by atoms with Crippen molar-refractivity contribution >= 4 is 16.9 Å². The molecule has 1 aliphatic heterocycles. The summed E-state index contributed by atoms with van der Waals surface area (Å²) in [5, 5.41) is -0.0476. The van der Waals surface area contributed by atoms with E-state index < -0.39 is 0 Å². The Kier molecular flexibility index (Phi) is 3.40. The molecule has 1 fully saturated rings. The minimum Gasteiger partial charge on any atom is -0.288 e. The first-order valence-electron chi connectivity index (χ1n) is 4.42. The lowest BCUT2D eigenvalue weighted by Gasteiger charge is -2.41. The molecule has 0 amide bonds. The van der Waals surface area contributed by atoms with Gasteiger partial charge in [0, 0.05) is 13.1 Å². The molecule has 3 heteroatoms. The van der Waals surface area contributed by atoms with Gasteiger partial charge in [-0.25, -0.2) is 0 Å². The van der Waals surface area contributed by atoms with E-state index >= 15 is 0 Å². The number of rotatable bonds is 1. The monoisotopic (exact) mass is 197 g/mol. The van der Waals surface area contributed by atoms with Gasteiger partial charge in [0.2, 0.25) is 0 Å². The maximum atomic E-state index is 11.0. The van der Waals surface area contributed by atoms with E-state index in [9.17, 15) is 4.79 Å². The average Bonchev–Trinajstić information content (AvgIpc) is 1.96. The fraction of sp³-hybridized carbons (Fsp3) is 0.700. The van der Waals surface area contributed by atoms with Gasteiger partial charge in [0.15, 0.2) is 0 Å².